The van der Waals surface area contributed by atoms with Gasteiger partial charge in [-0.3, -0.25) is 14.8 Å². The molecule has 0 saturated carbocycles. The first-order chi connectivity index (χ1) is 17.3. The molecule has 0 bridgehead atoms. The Morgan fingerprint density at radius 3 is 2.81 bits per heavy atom. The number of anilines is 2. The molecule has 1 aromatic carbocycles. The van der Waals surface area contributed by atoms with Crippen LogP contribution in [0.25, 0.3) is 11.3 Å². The molecule has 5 rings (SSSR count). The van der Waals surface area contributed by atoms with E-state index >= 15 is 0 Å². The standard InChI is InChI=1S/C27H38N6O3/c1-5-33(4,6-2)21-12-13-31(16-21)26-24-9-7-8-19-14-20(10-11-23(19)25(24)29-30-26)32-17-22(36-27(32)35)15-28-18(3)34/h10-11,14,21-22H,5-9,12-13,15-17H2,1-4H3,(H-,28,29,30,34)/p+1/t21?,22-/m0/s1. The number of carbonyl (C=O) groups excluding carboxylic acids is 2. The number of aromatic nitrogens is 2. The van der Waals surface area contributed by atoms with Crippen LogP contribution in [0.15, 0.2) is 18.2 Å². The molecule has 9 nitrogen and oxygen atoms in total. The molecule has 194 valence electrons. The number of hydrogen-bond donors (Lipinski definition) is 2. The molecule has 9 heteroatoms. The molecule has 1 aliphatic carbocycles. The highest BCUT2D eigenvalue weighted by molar-refractivity contribution is 5.90. The number of nitrogens with zero attached hydrogens (tertiary/aromatic N) is 4. The van der Waals surface area contributed by atoms with Crippen LogP contribution in [0.4, 0.5) is 16.3 Å². The highest BCUT2D eigenvalue weighted by Gasteiger charge is 2.38. The van der Waals surface area contributed by atoms with Gasteiger partial charge in [0, 0.05) is 36.7 Å². The molecule has 1 aromatic heterocycles. The molecule has 2 N–H and O–H groups in total. The summed E-state index contributed by atoms with van der Waals surface area (Å²) in [7, 11) is 2.38. The van der Waals surface area contributed by atoms with Gasteiger partial charge in [0.25, 0.3) is 0 Å². The van der Waals surface area contributed by atoms with Crippen LogP contribution in [0.3, 0.4) is 0 Å². The number of fused-ring (bicyclic) bond motifs is 3. The number of likely N-dealkylation sites (N-methyl/N-ethyl adjacent to an activating group) is 1. The molecule has 0 radical (unpaired) electrons. The summed E-state index contributed by atoms with van der Waals surface area (Å²) < 4.78 is 6.57. The average Bonchev–Trinajstić information content (AvgIpc) is 3.58. The van der Waals surface area contributed by atoms with E-state index in [1.54, 1.807) is 4.90 Å². The Labute approximate surface area is 213 Å². The fraction of sp³-hybridized carbons (Fsp3) is 0.593. The third-order valence-corrected chi connectivity index (χ3v) is 8.63. The molecule has 2 amide bonds. The SMILES string of the molecule is CC[N+](C)(CC)C1CCN(c2n[nH]c3c2CCCc2cc(N4C[C@H](CNC(C)=O)OC4=O)ccc2-3)C1. The third kappa shape index (κ3) is 4.45. The van der Waals surface area contributed by atoms with Gasteiger partial charge in [0.2, 0.25) is 5.91 Å². The molecule has 3 heterocycles. The van der Waals surface area contributed by atoms with Gasteiger partial charge < -0.3 is 19.4 Å². The lowest BCUT2D eigenvalue weighted by Crippen LogP contribution is -2.53. The second kappa shape index (κ2) is 9.76. The number of cyclic esters (lactones) is 1. The highest BCUT2D eigenvalue weighted by atomic mass is 16.6. The van der Waals surface area contributed by atoms with Gasteiger partial charge in [-0.05, 0) is 50.8 Å². The Hall–Kier alpha value is -3.07. The minimum absolute atomic E-state index is 0.127. The lowest BCUT2D eigenvalue weighted by Gasteiger charge is -2.38. The first-order valence-corrected chi connectivity index (χ1v) is 13.3. The quantitative estimate of drug-likeness (QED) is 0.576. The van der Waals surface area contributed by atoms with Crippen molar-refractivity contribution < 1.29 is 18.8 Å². The van der Waals surface area contributed by atoms with Crippen molar-refractivity contribution in [3.05, 3.63) is 29.3 Å². The summed E-state index contributed by atoms with van der Waals surface area (Å²) in [6, 6.07) is 6.86. The van der Waals surface area contributed by atoms with Gasteiger partial charge in [-0.1, -0.05) is 6.07 Å². The Kier molecular flexibility index (Phi) is 6.68. The minimum atomic E-state index is -0.364. The molecule has 2 atom stereocenters. The zero-order valence-corrected chi connectivity index (χ0v) is 22.0. The van der Waals surface area contributed by atoms with Crippen molar-refractivity contribution in [1.29, 1.82) is 0 Å². The summed E-state index contributed by atoms with van der Waals surface area (Å²) in [5, 5.41) is 10.9. The van der Waals surface area contributed by atoms with Crippen molar-refractivity contribution in [2.45, 2.75) is 58.6 Å². The zero-order chi connectivity index (χ0) is 25.4. The molecule has 2 fully saturated rings. The topological polar surface area (TPSA) is 90.6 Å². The fourth-order valence-electron chi connectivity index (χ4n) is 6.01. The van der Waals surface area contributed by atoms with E-state index in [2.05, 4.69) is 48.3 Å². The molecule has 0 spiro atoms. The molecular formula is C27H39N6O3+. The predicted molar refractivity (Wildman–Crippen MR) is 140 cm³/mol. The van der Waals surface area contributed by atoms with E-state index in [1.165, 1.54) is 30.0 Å². The van der Waals surface area contributed by atoms with E-state index in [-0.39, 0.29) is 18.1 Å². The zero-order valence-electron chi connectivity index (χ0n) is 22.0. The summed E-state index contributed by atoms with van der Waals surface area (Å²) in [4.78, 5) is 27.9. The summed E-state index contributed by atoms with van der Waals surface area (Å²) in [5.74, 6) is 0.990. The molecule has 3 aliphatic rings. The minimum Gasteiger partial charge on any atom is -0.442 e. The average molecular weight is 496 g/mol. The van der Waals surface area contributed by atoms with Crippen LogP contribution < -0.4 is 15.1 Å². The van der Waals surface area contributed by atoms with E-state index in [9.17, 15) is 9.59 Å². The third-order valence-electron chi connectivity index (χ3n) is 8.63. The Balaban J connectivity index is 1.36. The van der Waals surface area contributed by atoms with Crippen molar-refractivity contribution in [2.24, 2.45) is 0 Å². The molecule has 2 aliphatic heterocycles. The van der Waals surface area contributed by atoms with E-state index < -0.39 is 0 Å². The number of quaternary nitrogens is 1. The van der Waals surface area contributed by atoms with Gasteiger partial charge in [0.15, 0.2) is 5.82 Å². The second-order valence-corrected chi connectivity index (χ2v) is 10.6. The van der Waals surface area contributed by atoms with Crippen molar-refractivity contribution in [2.75, 3.05) is 56.1 Å². The summed E-state index contributed by atoms with van der Waals surface area (Å²) in [6.07, 6.45) is 3.48. The maximum Gasteiger partial charge on any atom is 0.414 e. The molecule has 2 aromatic rings. The van der Waals surface area contributed by atoms with Crippen LogP contribution in [-0.4, -0.2) is 85.1 Å². The fourth-order valence-corrected chi connectivity index (χ4v) is 6.01. The number of aryl methyl sites for hydroxylation is 1. The summed E-state index contributed by atoms with van der Waals surface area (Å²) in [5.41, 5.74) is 5.67. The van der Waals surface area contributed by atoms with E-state index in [1.807, 2.05) is 6.07 Å². The normalized spacial score (nSPS) is 21.7. The van der Waals surface area contributed by atoms with Gasteiger partial charge >= 0.3 is 6.09 Å². The maximum absolute atomic E-state index is 12.5. The van der Waals surface area contributed by atoms with Crippen LogP contribution >= 0.6 is 0 Å². The van der Waals surface area contributed by atoms with Crippen LogP contribution in [0.1, 0.15) is 44.7 Å². The van der Waals surface area contributed by atoms with Crippen molar-refractivity contribution in [3.8, 4) is 11.3 Å². The van der Waals surface area contributed by atoms with Gasteiger partial charge in [0.1, 0.15) is 12.1 Å². The van der Waals surface area contributed by atoms with Crippen molar-refractivity contribution >= 4 is 23.5 Å². The number of nitrogens with one attached hydrogen (secondary N) is 2. The first-order valence-electron chi connectivity index (χ1n) is 13.3. The first kappa shape index (κ1) is 24.6. The Morgan fingerprint density at radius 2 is 2.06 bits per heavy atom. The van der Waals surface area contributed by atoms with Crippen LogP contribution in [-0.2, 0) is 22.4 Å². The van der Waals surface area contributed by atoms with Gasteiger partial charge in [0.05, 0.1) is 45.5 Å². The highest BCUT2D eigenvalue weighted by Crippen LogP contribution is 2.39. The van der Waals surface area contributed by atoms with Crippen molar-refractivity contribution in [1.82, 2.24) is 15.5 Å². The lowest BCUT2D eigenvalue weighted by atomic mass is 10.0. The lowest BCUT2D eigenvalue weighted by molar-refractivity contribution is -0.927. The van der Waals surface area contributed by atoms with Crippen LogP contribution in [0, 0.1) is 0 Å². The molecule has 36 heavy (non-hydrogen) atoms. The number of H-pyrrole nitrogens is 1. The Bertz CT molecular complexity index is 1140. The Morgan fingerprint density at radius 1 is 1.25 bits per heavy atom. The van der Waals surface area contributed by atoms with E-state index in [4.69, 9.17) is 9.84 Å². The van der Waals surface area contributed by atoms with Crippen LogP contribution in [0.2, 0.25) is 0 Å². The van der Waals surface area contributed by atoms with Gasteiger partial charge in [-0.2, -0.15) is 5.10 Å². The summed E-state index contributed by atoms with van der Waals surface area (Å²) >= 11 is 0. The van der Waals surface area contributed by atoms with E-state index in [0.717, 1.165) is 67.1 Å². The number of hydrogen-bond acceptors (Lipinski definition) is 5. The smallest absolute Gasteiger partial charge is 0.414 e. The van der Waals surface area contributed by atoms with E-state index in [0.29, 0.717) is 19.1 Å². The second-order valence-electron chi connectivity index (χ2n) is 10.6. The number of rotatable bonds is 7. The molecule has 2 saturated heterocycles. The maximum atomic E-state index is 12.5. The molecular weight excluding hydrogens is 456 g/mol. The van der Waals surface area contributed by atoms with Crippen molar-refractivity contribution in [3.63, 3.8) is 0 Å². The largest absolute Gasteiger partial charge is 0.442 e. The number of aromatic amines is 1. The summed E-state index contributed by atoms with van der Waals surface area (Å²) in [6.45, 7) is 11.2. The number of amides is 2. The number of carbonyl (C=O) groups is 2. The number of benzene rings is 1. The predicted octanol–water partition coefficient (Wildman–Crippen LogP) is 3.09. The monoisotopic (exact) mass is 495 g/mol. The van der Waals surface area contributed by atoms with Crippen LogP contribution in [0.5, 0.6) is 0 Å². The molecule has 1 unspecified atom stereocenters. The van der Waals surface area contributed by atoms with Gasteiger partial charge in [-0.25, -0.2) is 4.79 Å². The number of ether oxygens (including phenoxy) is 1. The van der Waals surface area contributed by atoms with Gasteiger partial charge in [-0.15, -0.1) is 0 Å².